The van der Waals surface area contributed by atoms with E-state index in [2.05, 4.69) is 30.6 Å². The van der Waals surface area contributed by atoms with Crippen molar-refractivity contribution in [2.45, 2.75) is 50.6 Å². The zero-order valence-corrected chi connectivity index (χ0v) is 11.6. The van der Waals surface area contributed by atoms with Crippen LogP contribution in [0, 0.1) is 5.92 Å². The molecule has 0 radical (unpaired) electrons. The molecule has 2 N–H and O–H groups in total. The second-order valence-electron chi connectivity index (χ2n) is 5.76. The van der Waals surface area contributed by atoms with Crippen LogP contribution < -0.4 is 5.73 Å². The van der Waals surface area contributed by atoms with Crippen LogP contribution >= 0.6 is 11.8 Å². The molecule has 1 saturated carbocycles. The first-order chi connectivity index (χ1) is 7.68. The molecular formula is C13H26N2S. The maximum Gasteiger partial charge on any atom is 0.0429 e. The van der Waals surface area contributed by atoms with Gasteiger partial charge in [0.05, 0.1) is 0 Å². The summed E-state index contributed by atoms with van der Waals surface area (Å²) in [5.41, 5.74) is 6.36. The van der Waals surface area contributed by atoms with Gasteiger partial charge in [0, 0.05) is 23.9 Å². The Kier molecular flexibility index (Phi) is 4.20. The van der Waals surface area contributed by atoms with Crippen LogP contribution in [-0.4, -0.2) is 41.6 Å². The molecule has 0 spiro atoms. The number of nitrogens with zero attached hydrogens (tertiary/aromatic N) is 1. The van der Waals surface area contributed by atoms with Crippen LogP contribution in [0.25, 0.3) is 0 Å². The molecule has 0 aromatic heterocycles. The summed E-state index contributed by atoms with van der Waals surface area (Å²) in [6.07, 6.45) is 6.86. The van der Waals surface area contributed by atoms with Crippen LogP contribution in [0.15, 0.2) is 0 Å². The van der Waals surface area contributed by atoms with Crippen molar-refractivity contribution in [1.29, 1.82) is 0 Å². The van der Waals surface area contributed by atoms with Crippen molar-refractivity contribution in [3.8, 4) is 0 Å². The third-order valence-corrected chi connectivity index (χ3v) is 5.98. The van der Waals surface area contributed by atoms with Gasteiger partial charge in [-0.25, -0.2) is 0 Å². The lowest BCUT2D eigenvalue weighted by atomic mass is 9.84. The maximum absolute atomic E-state index is 6.05. The Morgan fingerprint density at radius 1 is 1.31 bits per heavy atom. The summed E-state index contributed by atoms with van der Waals surface area (Å²) in [4.78, 5) is 2.64. The predicted molar refractivity (Wildman–Crippen MR) is 72.9 cm³/mol. The van der Waals surface area contributed by atoms with E-state index in [-0.39, 0.29) is 0 Å². The minimum absolute atomic E-state index is 0.315. The van der Waals surface area contributed by atoms with Crippen LogP contribution in [0.3, 0.4) is 0 Å². The molecule has 0 bridgehead atoms. The first-order valence-electron chi connectivity index (χ1n) is 6.69. The van der Waals surface area contributed by atoms with Gasteiger partial charge in [0.15, 0.2) is 0 Å². The average molecular weight is 242 g/mol. The van der Waals surface area contributed by atoms with Gasteiger partial charge in [-0.05, 0) is 50.8 Å². The normalized spacial score (nSPS) is 40.5. The SMILES string of the molecule is CC1CCC(N(C)C2(CN)CCSC2)CC1. The van der Waals surface area contributed by atoms with Crippen LogP contribution in [0.5, 0.6) is 0 Å². The van der Waals surface area contributed by atoms with E-state index in [0.717, 1.165) is 18.5 Å². The highest BCUT2D eigenvalue weighted by atomic mass is 32.2. The number of hydrogen-bond acceptors (Lipinski definition) is 3. The van der Waals surface area contributed by atoms with Crippen molar-refractivity contribution in [3.05, 3.63) is 0 Å². The fourth-order valence-corrected chi connectivity index (χ4v) is 4.71. The second kappa shape index (κ2) is 5.28. The van der Waals surface area contributed by atoms with Crippen molar-refractivity contribution in [2.24, 2.45) is 11.7 Å². The number of nitrogens with two attached hydrogens (primary N) is 1. The molecule has 1 heterocycles. The molecule has 0 aromatic rings. The Hall–Kier alpha value is 0.270. The highest BCUT2D eigenvalue weighted by molar-refractivity contribution is 7.99. The molecule has 0 amide bonds. The number of likely N-dealkylation sites (N-methyl/N-ethyl adjacent to an activating group) is 1. The van der Waals surface area contributed by atoms with Gasteiger partial charge in [0.2, 0.25) is 0 Å². The Balaban J connectivity index is 1.97. The summed E-state index contributed by atoms with van der Waals surface area (Å²) < 4.78 is 0. The van der Waals surface area contributed by atoms with Gasteiger partial charge in [-0.1, -0.05) is 6.92 Å². The Bertz CT molecular complexity index is 218. The highest BCUT2D eigenvalue weighted by Gasteiger charge is 2.40. The smallest absolute Gasteiger partial charge is 0.0429 e. The lowest BCUT2D eigenvalue weighted by Gasteiger charge is -2.44. The largest absolute Gasteiger partial charge is 0.329 e. The van der Waals surface area contributed by atoms with Gasteiger partial charge >= 0.3 is 0 Å². The molecule has 16 heavy (non-hydrogen) atoms. The lowest BCUT2D eigenvalue weighted by molar-refractivity contribution is 0.0674. The zero-order chi connectivity index (χ0) is 11.6. The lowest BCUT2D eigenvalue weighted by Crippen LogP contribution is -2.56. The Morgan fingerprint density at radius 3 is 2.50 bits per heavy atom. The van der Waals surface area contributed by atoms with E-state index in [1.165, 1.54) is 43.6 Å². The van der Waals surface area contributed by atoms with Gasteiger partial charge in [-0.2, -0.15) is 11.8 Å². The molecule has 2 fully saturated rings. The second-order valence-corrected chi connectivity index (χ2v) is 6.86. The van der Waals surface area contributed by atoms with E-state index in [1.807, 2.05) is 0 Å². The maximum atomic E-state index is 6.05. The topological polar surface area (TPSA) is 29.3 Å². The summed E-state index contributed by atoms with van der Waals surface area (Å²) in [6, 6.07) is 0.790. The van der Waals surface area contributed by atoms with Crippen LogP contribution in [-0.2, 0) is 0 Å². The Morgan fingerprint density at radius 2 is 2.00 bits per heavy atom. The molecule has 1 saturated heterocycles. The summed E-state index contributed by atoms with van der Waals surface area (Å²) in [5.74, 6) is 3.48. The fourth-order valence-electron chi connectivity index (χ4n) is 3.20. The molecular weight excluding hydrogens is 216 g/mol. The summed E-state index contributed by atoms with van der Waals surface area (Å²) in [6.45, 7) is 3.23. The van der Waals surface area contributed by atoms with E-state index in [1.54, 1.807) is 0 Å². The molecule has 2 aliphatic rings. The monoisotopic (exact) mass is 242 g/mol. The molecule has 1 unspecified atom stereocenters. The van der Waals surface area contributed by atoms with Crippen molar-refractivity contribution < 1.29 is 0 Å². The first kappa shape index (κ1) is 12.7. The highest BCUT2D eigenvalue weighted by Crippen LogP contribution is 2.36. The van der Waals surface area contributed by atoms with Crippen molar-refractivity contribution in [3.63, 3.8) is 0 Å². The molecule has 2 nitrogen and oxygen atoms in total. The van der Waals surface area contributed by atoms with E-state index < -0.39 is 0 Å². The average Bonchev–Trinajstić information content (AvgIpc) is 2.79. The van der Waals surface area contributed by atoms with Crippen molar-refractivity contribution in [1.82, 2.24) is 4.90 Å². The summed E-state index contributed by atoms with van der Waals surface area (Å²) >= 11 is 2.08. The molecule has 1 aliphatic heterocycles. The minimum Gasteiger partial charge on any atom is -0.329 e. The van der Waals surface area contributed by atoms with Crippen molar-refractivity contribution in [2.75, 3.05) is 25.1 Å². The number of thioether (sulfide) groups is 1. The number of rotatable bonds is 3. The quantitative estimate of drug-likeness (QED) is 0.823. The fraction of sp³-hybridized carbons (Fsp3) is 1.00. The molecule has 3 heteroatoms. The van der Waals surface area contributed by atoms with Gasteiger partial charge in [0.25, 0.3) is 0 Å². The Labute approximate surface area is 104 Å². The minimum atomic E-state index is 0.315. The van der Waals surface area contributed by atoms with E-state index in [4.69, 9.17) is 5.73 Å². The van der Waals surface area contributed by atoms with Gasteiger partial charge in [-0.3, -0.25) is 4.90 Å². The molecule has 0 aromatic carbocycles. The number of hydrogen-bond donors (Lipinski definition) is 1. The van der Waals surface area contributed by atoms with Crippen LogP contribution in [0.4, 0.5) is 0 Å². The predicted octanol–water partition coefficient (Wildman–Crippen LogP) is 2.33. The van der Waals surface area contributed by atoms with E-state index in [0.29, 0.717) is 5.54 Å². The third kappa shape index (κ3) is 2.41. The van der Waals surface area contributed by atoms with E-state index >= 15 is 0 Å². The molecule has 1 aliphatic carbocycles. The molecule has 94 valence electrons. The summed E-state index contributed by atoms with van der Waals surface area (Å²) in [5, 5.41) is 0. The zero-order valence-electron chi connectivity index (χ0n) is 10.7. The van der Waals surface area contributed by atoms with Gasteiger partial charge in [0.1, 0.15) is 0 Å². The molecule has 2 rings (SSSR count). The van der Waals surface area contributed by atoms with Gasteiger partial charge < -0.3 is 5.73 Å². The van der Waals surface area contributed by atoms with Gasteiger partial charge in [-0.15, -0.1) is 0 Å². The standard InChI is InChI=1S/C13H26N2S/c1-11-3-5-12(6-4-11)15(2)13(9-14)7-8-16-10-13/h11-12H,3-10,14H2,1-2H3. The summed E-state index contributed by atoms with van der Waals surface area (Å²) in [7, 11) is 2.32. The van der Waals surface area contributed by atoms with Crippen LogP contribution in [0.2, 0.25) is 0 Å². The van der Waals surface area contributed by atoms with Crippen molar-refractivity contribution >= 4 is 11.8 Å². The van der Waals surface area contributed by atoms with Crippen LogP contribution in [0.1, 0.15) is 39.0 Å². The third-order valence-electron chi connectivity index (χ3n) is 4.74. The molecule has 1 atom stereocenters. The van der Waals surface area contributed by atoms with E-state index in [9.17, 15) is 0 Å². The first-order valence-corrected chi connectivity index (χ1v) is 7.84.